The Morgan fingerprint density at radius 3 is 1.57 bits per heavy atom. The van der Waals surface area contributed by atoms with E-state index in [0.29, 0.717) is 0 Å². The molecule has 282 valence electrons. The number of benzene rings is 10. The Balaban J connectivity index is 0.985. The number of ether oxygens (including phenoxy) is 1. The van der Waals surface area contributed by atoms with E-state index < -0.39 is 10.8 Å². The zero-order valence-electron chi connectivity index (χ0n) is 33.2. The number of hydrogen-bond donors (Lipinski definition) is 0. The molecule has 0 N–H and O–H groups in total. The van der Waals surface area contributed by atoms with Crippen LogP contribution in [0.15, 0.2) is 218 Å². The Bertz CT molecular complexity index is 3490. The normalized spacial score (nSPS) is 16.2. The van der Waals surface area contributed by atoms with Crippen LogP contribution in [0.2, 0.25) is 0 Å². The van der Waals surface area contributed by atoms with Crippen molar-refractivity contribution >= 4 is 10.8 Å². The fourth-order valence-electron chi connectivity index (χ4n) is 12.1. The molecule has 0 aromatic heterocycles. The first-order valence-corrected chi connectivity index (χ1v) is 21.3. The van der Waals surface area contributed by atoms with E-state index in [1.807, 2.05) is 0 Å². The summed E-state index contributed by atoms with van der Waals surface area (Å²) in [5.74, 6) is 1.81. The second kappa shape index (κ2) is 11.9. The fraction of sp³-hybridized carbons (Fsp3) is 0.0333. The lowest BCUT2D eigenvalue weighted by Gasteiger charge is -2.39. The molecule has 1 heteroatoms. The molecular weight excluding hydrogens is 737 g/mol. The average molecular weight is 773 g/mol. The third-order valence-corrected chi connectivity index (χ3v) is 14.3. The van der Waals surface area contributed by atoms with Gasteiger partial charge in [0.25, 0.3) is 0 Å². The highest BCUT2D eigenvalue weighted by Crippen LogP contribution is 2.66. The van der Waals surface area contributed by atoms with E-state index in [-0.39, 0.29) is 0 Å². The standard InChI is InChI=1S/C60H36O/c1-2-18-42-37(15-1)31-33-46-45-21-5-9-26-50(45)60(58(42)46)51-27-10-6-22-47(51)57-41(23-14-29-53(57)60)40-17-13-16-38(35-40)39-32-34-56-54(36-39)59(52-28-11-12-30-55(52)61-56)48-24-7-3-19-43(48)44-20-4-8-25-49(44)59/h1-36H. The van der Waals surface area contributed by atoms with Gasteiger partial charge in [-0.25, -0.2) is 0 Å². The van der Waals surface area contributed by atoms with Crippen molar-refractivity contribution in [3.8, 4) is 67.1 Å². The van der Waals surface area contributed by atoms with Crippen molar-refractivity contribution in [1.29, 1.82) is 0 Å². The molecule has 10 aromatic carbocycles. The second-order valence-corrected chi connectivity index (χ2v) is 17.0. The Kier molecular flexibility index (Phi) is 6.48. The lowest BCUT2D eigenvalue weighted by atomic mass is 9.66. The molecule has 10 aromatic rings. The van der Waals surface area contributed by atoms with Gasteiger partial charge in [-0.15, -0.1) is 0 Å². The van der Waals surface area contributed by atoms with Gasteiger partial charge in [0.1, 0.15) is 11.5 Å². The summed E-state index contributed by atoms with van der Waals surface area (Å²) in [6.07, 6.45) is 0. The minimum absolute atomic E-state index is 0.441. The van der Waals surface area contributed by atoms with Crippen LogP contribution in [0.1, 0.15) is 44.5 Å². The molecule has 2 spiro atoms. The number of rotatable bonds is 2. The molecular formula is C60H36O. The molecule has 0 saturated carbocycles. The molecule has 0 amide bonds. The lowest BCUT2D eigenvalue weighted by Crippen LogP contribution is -2.32. The Labute approximate surface area is 354 Å². The predicted molar refractivity (Wildman–Crippen MR) is 248 cm³/mol. The summed E-state index contributed by atoms with van der Waals surface area (Å²) in [6, 6.07) is 81.4. The Hall–Kier alpha value is -7.74. The number of hydrogen-bond acceptors (Lipinski definition) is 1. The van der Waals surface area contributed by atoms with Crippen LogP contribution in [0.4, 0.5) is 0 Å². The van der Waals surface area contributed by atoms with Crippen molar-refractivity contribution in [3.63, 3.8) is 0 Å². The van der Waals surface area contributed by atoms with Gasteiger partial charge in [-0.3, -0.25) is 0 Å². The molecule has 1 unspecified atom stereocenters. The summed E-state index contributed by atoms with van der Waals surface area (Å²) in [5, 5.41) is 2.59. The molecule has 0 fully saturated rings. The molecule has 61 heavy (non-hydrogen) atoms. The van der Waals surface area contributed by atoms with Gasteiger partial charge in [-0.2, -0.15) is 0 Å². The molecule has 0 radical (unpaired) electrons. The third kappa shape index (κ3) is 4.06. The topological polar surface area (TPSA) is 9.23 Å². The van der Waals surface area contributed by atoms with Crippen LogP contribution >= 0.6 is 0 Å². The largest absolute Gasteiger partial charge is 0.457 e. The van der Waals surface area contributed by atoms with Crippen LogP contribution in [-0.2, 0) is 10.8 Å². The Morgan fingerprint density at radius 2 is 0.803 bits per heavy atom. The van der Waals surface area contributed by atoms with Crippen LogP contribution in [0.5, 0.6) is 11.5 Å². The maximum absolute atomic E-state index is 6.78. The van der Waals surface area contributed by atoms with Crippen molar-refractivity contribution in [2.45, 2.75) is 10.8 Å². The van der Waals surface area contributed by atoms with Gasteiger partial charge in [0.05, 0.1) is 10.8 Å². The van der Waals surface area contributed by atoms with Gasteiger partial charge in [0.15, 0.2) is 0 Å². The quantitative estimate of drug-likeness (QED) is 0.170. The van der Waals surface area contributed by atoms with E-state index in [1.54, 1.807) is 0 Å². The first kappa shape index (κ1) is 33.1. The monoisotopic (exact) mass is 772 g/mol. The first-order chi connectivity index (χ1) is 30.3. The highest BCUT2D eigenvalue weighted by atomic mass is 16.5. The average Bonchev–Trinajstić information content (AvgIpc) is 3.92. The summed E-state index contributed by atoms with van der Waals surface area (Å²) >= 11 is 0. The summed E-state index contributed by atoms with van der Waals surface area (Å²) in [5.41, 5.74) is 22.1. The second-order valence-electron chi connectivity index (χ2n) is 17.0. The maximum Gasteiger partial charge on any atom is 0.132 e. The molecule has 1 heterocycles. The molecule has 3 aliphatic carbocycles. The summed E-state index contributed by atoms with van der Waals surface area (Å²) in [7, 11) is 0. The zero-order valence-corrected chi connectivity index (χ0v) is 33.2. The minimum atomic E-state index is -0.513. The van der Waals surface area contributed by atoms with Crippen LogP contribution in [-0.4, -0.2) is 0 Å². The van der Waals surface area contributed by atoms with Crippen molar-refractivity contribution in [2.75, 3.05) is 0 Å². The Morgan fingerprint density at radius 1 is 0.279 bits per heavy atom. The van der Waals surface area contributed by atoms with E-state index in [9.17, 15) is 0 Å². The summed E-state index contributed by atoms with van der Waals surface area (Å²) in [6.45, 7) is 0. The van der Waals surface area contributed by atoms with Gasteiger partial charge in [-0.1, -0.05) is 194 Å². The number of fused-ring (bicyclic) bond motifs is 21. The smallest absolute Gasteiger partial charge is 0.132 e. The molecule has 0 bridgehead atoms. The molecule has 1 aliphatic heterocycles. The highest BCUT2D eigenvalue weighted by molar-refractivity contribution is 6.06. The van der Waals surface area contributed by atoms with Crippen LogP contribution in [0, 0.1) is 0 Å². The van der Waals surface area contributed by atoms with E-state index in [1.165, 1.54) is 111 Å². The van der Waals surface area contributed by atoms with Gasteiger partial charge in [-0.05, 0) is 124 Å². The van der Waals surface area contributed by atoms with Gasteiger partial charge < -0.3 is 4.74 Å². The summed E-state index contributed by atoms with van der Waals surface area (Å²) < 4.78 is 6.78. The maximum atomic E-state index is 6.78. The van der Waals surface area contributed by atoms with Crippen LogP contribution in [0.25, 0.3) is 66.4 Å². The first-order valence-electron chi connectivity index (χ1n) is 21.3. The van der Waals surface area contributed by atoms with E-state index in [0.717, 1.165) is 11.5 Å². The zero-order chi connectivity index (χ0) is 39.9. The molecule has 1 atom stereocenters. The predicted octanol–water partition coefficient (Wildman–Crippen LogP) is 15.0. The SMILES string of the molecule is c1cc(-c2ccc3c(c2)C2(c4ccccc4O3)c3ccccc3-c3ccccc32)cc(-c2cccc3c2-c2ccccc2C32c3ccccc3-c3ccc4ccccc4c32)c1. The minimum Gasteiger partial charge on any atom is -0.457 e. The highest BCUT2D eigenvalue weighted by Gasteiger charge is 2.53. The molecule has 4 aliphatic rings. The van der Waals surface area contributed by atoms with E-state index in [2.05, 4.69) is 218 Å². The van der Waals surface area contributed by atoms with Crippen molar-refractivity contribution in [1.82, 2.24) is 0 Å². The molecule has 1 nitrogen and oxygen atoms in total. The fourth-order valence-corrected chi connectivity index (χ4v) is 12.1. The van der Waals surface area contributed by atoms with Crippen LogP contribution < -0.4 is 4.74 Å². The van der Waals surface area contributed by atoms with Gasteiger partial charge in [0.2, 0.25) is 0 Å². The molecule has 14 rings (SSSR count). The number of para-hydroxylation sites is 1. The third-order valence-electron chi connectivity index (χ3n) is 14.3. The van der Waals surface area contributed by atoms with Crippen molar-refractivity contribution in [3.05, 3.63) is 263 Å². The van der Waals surface area contributed by atoms with Crippen LogP contribution in [0.3, 0.4) is 0 Å². The van der Waals surface area contributed by atoms with E-state index >= 15 is 0 Å². The van der Waals surface area contributed by atoms with Crippen molar-refractivity contribution in [2.24, 2.45) is 0 Å². The van der Waals surface area contributed by atoms with Gasteiger partial charge >= 0.3 is 0 Å². The van der Waals surface area contributed by atoms with Gasteiger partial charge in [0, 0.05) is 11.1 Å². The lowest BCUT2D eigenvalue weighted by molar-refractivity contribution is 0.436. The molecule has 0 saturated heterocycles. The summed E-state index contributed by atoms with van der Waals surface area (Å²) in [4.78, 5) is 0. The van der Waals surface area contributed by atoms with Crippen molar-refractivity contribution < 1.29 is 4.74 Å². The van der Waals surface area contributed by atoms with E-state index in [4.69, 9.17) is 4.74 Å².